The smallest absolute Gasteiger partial charge is 0.254 e. The molecule has 0 N–H and O–H groups in total. The van der Waals surface area contributed by atoms with E-state index in [-0.39, 0.29) is 16.2 Å². The van der Waals surface area contributed by atoms with Crippen LogP contribution in [0.5, 0.6) is 0 Å². The lowest BCUT2D eigenvalue weighted by atomic mass is 10.1. The maximum atomic E-state index is 12.2. The maximum Gasteiger partial charge on any atom is 0.254 e. The Labute approximate surface area is 110 Å². The molecule has 0 bridgehead atoms. The van der Waals surface area contributed by atoms with Gasteiger partial charge in [0.2, 0.25) is 0 Å². The Kier molecular flexibility index (Phi) is 3.69. The average molecular weight is 271 g/mol. The van der Waals surface area contributed by atoms with Crippen LogP contribution in [0.15, 0.2) is 23.8 Å². The van der Waals surface area contributed by atoms with Gasteiger partial charge in [0.05, 0.1) is 0 Å². The summed E-state index contributed by atoms with van der Waals surface area (Å²) in [5, 5.41) is 0.481. The van der Waals surface area contributed by atoms with E-state index in [0.29, 0.717) is 12.1 Å². The Balaban J connectivity index is 2.20. The fraction of sp³-hybridized carbons (Fsp3) is 0.333. The highest BCUT2D eigenvalue weighted by Crippen LogP contribution is 2.18. The first-order valence-electron chi connectivity index (χ1n) is 5.34. The summed E-state index contributed by atoms with van der Waals surface area (Å²) in [6, 6.07) is 3.09. The van der Waals surface area contributed by atoms with E-state index in [1.165, 1.54) is 5.57 Å². The second kappa shape index (κ2) is 5.07. The normalized spacial score (nSPS) is 15.7. The van der Waals surface area contributed by atoms with E-state index < -0.39 is 0 Å². The fourth-order valence-electron chi connectivity index (χ4n) is 1.73. The lowest BCUT2D eigenvalue weighted by Crippen LogP contribution is -2.34. The van der Waals surface area contributed by atoms with Gasteiger partial charge in [-0.1, -0.05) is 34.9 Å². The Hall–Kier alpha value is -1.06. The van der Waals surface area contributed by atoms with Crippen LogP contribution < -0.4 is 0 Å². The third kappa shape index (κ3) is 2.99. The molecule has 0 aliphatic carbocycles. The Morgan fingerprint density at radius 3 is 2.53 bits per heavy atom. The number of hydrogen-bond acceptors (Lipinski definition) is 2. The van der Waals surface area contributed by atoms with Crippen LogP contribution in [0.25, 0.3) is 0 Å². The number of pyridine rings is 1. The zero-order chi connectivity index (χ0) is 12.4. The van der Waals surface area contributed by atoms with Gasteiger partial charge in [-0.2, -0.15) is 0 Å². The number of hydrogen-bond donors (Lipinski definition) is 0. The van der Waals surface area contributed by atoms with Crippen LogP contribution >= 0.6 is 23.2 Å². The molecular formula is C12H12Cl2N2O. The van der Waals surface area contributed by atoms with Crippen molar-refractivity contribution in [2.75, 3.05) is 13.1 Å². The molecule has 3 nitrogen and oxygen atoms in total. The van der Waals surface area contributed by atoms with E-state index in [1.54, 1.807) is 17.0 Å². The predicted octanol–water partition coefficient (Wildman–Crippen LogP) is 3.18. The van der Waals surface area contributed by atoms with Crippen molar-refractivity contribution in [2.24, 2.45) is 0 Å². The van der Waals surface area contributed by atoms with Crippen molar-refractivity contribution in [1.29, 1.82) is 0 Å². The Morgan fingerprint density at radius 2 is 2.00 bits per heavy atom. The highest BCUT2D eigenvalue weighted by molar-refractivity contribution is 6.33. The molecule has 0 spiro atoms. The van der Waals surface area contributed by atoms with E-state index in [4.69, 9.17) is 23.2 Å². The standard InChI is InChI=1S/C12H12Cl2N2O/c1-8-2-4-16(5-3-8)12(17)9-6-10(13)15-11(14)7-9/h2,6-7H,3-5H2,1H3. The van der Waals surface area contributed by atoms with Crippen molar-refractivity contribution in [3.8, 4) is 0 Å². The van der Waals surface area contributed by atoms with Gasteiger partial charge in [0.1, 0.15) is 10.3 Å². The fourth-order valence-corrected chi connectivity index (χ4v) is 2.19. The highest BCUT2D eigenvalue weighted by atomic mass is 35.5. The molecule has 5 heteroatoms. The first-order chi connectivity index (χ1) is 8.06. The molecule has 1 aromatic heterocycles. The zero-order valence-corrected chi connectivity index (χ0v) is 10.9. The molecule has 0 saturated heterocycles. The van der Waals surface area contributed by atoms with E-state index in [0.717, 1.165) is 13.0 Å². The van der Waals surface area contributed by atoms with Gasteiger partial charge in [-0.15, -0.1) is 0 Å². The average Bonchev–Trinajstić information content (AvgIpc) is 2.28. The molecule has 0 radical (unpaired) electrons. The lowest BCUT2D eigenvalue weighted by molar-refractivity contribution is 0.0769. The summed E-state index contributed by atoms with van der Waals surface area (Å²) in [5.74, 6) is -0.0556. The molecule has 17 heavy (non-hydrogen) atoms. The summed E-state index contributed by atoms with van der Waals surface area (Å²) >= 11 is 11.6. The van der Waals surface area contributed by atoms with Crippen LogP contribution in [0, 0.1) is 0 Å². The summed E-state index contributed by atoms with van der Waals surface area (Å²) in [5.41, 5.74) is 1.81. The number of carbonyl (C=O) groups is 1. The molecular weight excluding hydrogens is 259 g/mol. The minimum Gasteiger partial charge on any atom is -0.335 e. The molecule has 2 heterocycles. The Bertz CT molecular complexity index is 465. The molecule has 90 valence electrons. The predicted molar refractivity (Wildman–Crippen MR) is 68.5 cm³/mol. The number of aromatic nitrogens is 1. The van der Waals surface area contributed by atoms with Gasteiger partial charge in [-0.3, -0.25) is 4.79 Å². The minimum absolute atomic E-state index is 0.0556. The summed E-state index contributed by atoms with van der Waals surface area (Å²) in [6.45, 7) is 3.45. The van der Waals surface area contributed by atoms with Crippen molar-refractivity contribution < 1.29 is 4.79 Å². The molecule has 0 aromatic carbocycles. The van der Waals surface area contributed by atoms with Gasteiger partial charge >= 0.3 is 0 Å². The minimum atomic E-state index is -0.0556. The van der Waals surface area contributed by atoms with E-state index in [1.807, 2.05) is 0 Å². The van der Waals surface area contributed by atoms with Gasteiger partial charge in [-0.05, 0) is 25.5 Å². The number of halogens is 2. The monoisotopic (exact) mass is 270 g/mol. The summed E-state index contributed by atoms with van der Waals surface area (Å²) in [4.78, 5) is 17.8. The van der Waals surface area contributed by atoms with Gasteiger partial charge in [0.15, 0.2) is 0 Å². The molecule has 0 fully saturated rings. The van der Waals surface area contributed by atoms with E-state index in [9.17, 15) is 4.79 Å². The molecule has 1 aliphatic heterocycles. The van der Waals surface area contributed by atoms with Crippen LogP contribution in [-0.2, 0) is 0 Å². The van der Waals surface area contributed by atoms with Crippen LogP contribution in [0.2, 0.25) is 10.3 Å². The van der Waals surface area contributed by atoms with Gasteiger partial charge in [0.25, 0.3) is 5.91 Å². The summed E-state index contributed by atoms with van der Waals surface area (Å²) in [7, 11) is 0. The first-order valence-corrected chi connectivity index (χ1v) is 6.10. The highest BCUT2D eigenvalue weighted by Gasteiger charge is 2.18. The van der Waals surface area contributed by atoms with Crippen molar-refractivity contribution in [3.05, 3.63) is 39.7 Å². The Morgan fingerprint density at radius 1 is 1.35 bits per heavy atom. The SMILES string of the molecule is CC1=CCN(C(=O)c2cc(Cl)nc(Cl)c2)CC1. The van der Waals surface area contributed by atoms with Crippen molar-refractivity contribution >= 4 is 29.1 Å². The van der Waals surface area contributed by atoms with Crippen molar-refractivity contribution in [3.63, 3.8) is 0 Å². The molecule has 0 atom stereocenters. The van der Waals surface area contributed by atoms with Crippen molar-refractivity contribution in [1.82, 2.24) is 9.88 Å². The molecule has 2 rings (SSSR count). The molecule has 0 unspecified atom stereocenters. The number of amides is 1. The summed E-state index contributed by atoms with van der Waals surface area (Å²) < 4.78 is 0. The third-order valence-corrected chi connectivity index (χ3v) is 3.12. The molecule has 0 saturated carbocycles. The van der Waals surface area contributed by atoms with Crippen LogP contribution in [-0.4, -0.2) is 28.9 Å². The number of rotatable bonds is 1. The number of nitrogens with zero attached hydrogens (tertiary/aromatic N) is 2. The van der Waals surface area contributed by atoms with Gasteiger partial charge < -0.3 is 4.90 Å². The van der Waals surface area contributed by atoms with Crippen LogP contribution in [0.3, 0.4) is 0 Å². The van der Waals surface area contributed by atoms with Gasteiger partial charge in [0, 0.05) is 18.7 Å². The third-order valence-electron chi connectivity index (χ3n) is 2.73. The maximum absolute atomic E-state index is 12.2. The molecule has 1 amide bonds. The second-order valence-corrected chi connectivity index (χ2v) is 4.83. The van der Waals surface area contributed by atoms with Crippen molar-refractivity contribution in [2.45, 2.75) is 13.3 Å². The lowest BCUT2D eigenvalue weighted by Gasteiger charge is -2.25. The zero-order valence-electron chi connectivity index (χ0n) is 9.41. The van der Waals surface area contributed by atoms with Crippen LogP contribution in [0.1, 0.15) is 23.7 Å². The topological polar surface area (TPSA) is 33.2 Å². The first kappa shape index (κ1) is 12.4. The van der Waals surface area contributed by atoms with E-state index >= 15 is 0 Å². The molecule has 1 aliphatic rings. The second-order valence-electron chi connectivity index (χ2n) is 4.05. The molecule has 1 aromatic rings. The summed E-state index contributed by atoms with van der Waals surface area (Å²) in [6.07, 6.45) is 2.98. The van der Waals surface area contributed by atoms with E-state index in [2.05, 4.69) is 18.0 Å². The largest absolute Gasteiger partial charge is 0.335 e. The number of carbonyl (C=O) groups excluding carboxylic acids is 1. The quantitative estimate of drug-likeness (QED) is 0.580. The van der Waals surface area contributed by atoms with Gasteiger partial charge in [-0.25, -0.2) is 4.98 Å². The van der Waals surface area contributed by atoms with Crippen LogP contribution in [0.4, 0.5) is 0 Å².